The minimum atomic E-state index is -0.489. The molecule has 60 heavy (non-hydrogen) atoms. The topological polar surface area (TPSA) is 202 Å². The molecule has 314 valence electrons. The Bertz CT molecular complexity index is 2280. The first kappa shape index (κ1) is 42.7. The standard InChI is InChI=1S/C18H17N3O4.C13H19BN2O3.C11H10BrNO3/c1-19-17(23)13-4-2-11(8-20-13)10-3-5-14-12(6-10)7-15-16(9-22)25-18(24)21(14)15;1-12(2)13(3,4)19-14(18-12)9-6-7-10(16-8-9)11(17)15-5;12-7-1-2-8-6(3-7)4-9-10(5-14)16-11(15)13(8)9/h2-6,8,15-16,22H,7,9H2,1H3,(H,19,23);6-8H,1-5H3,(H,15,17);1-3,9-10,14H,4-5H2/t15-,16+;;9-,10+/m1.1/s1. The molecule has 0 radical (unpaired) electrons. The molecule has 0 aliphatic carbocycles. The third-order valence-corrected chi connectivity index (χ3v) is 12.1. The van der Waals surface area contributed by atoms with Crippen LogP contribution in [0, 0.1) is 0 Å². The van der Waals surface area contributed by atoms with E-state index in [1.54, 1.807) is 54.5 Å². The molecule has 4 N–H and O–H groups in total. The molecule has 0 saturated carbocycles. The number of cyclic esters (lactones) is 2. The highest BCUT2D eigenvalue weighted by atomic mass is 79.9. The van der Waals surface area contributed by atoms with Crippen LogP contribution >= 0.6 is 15.9 Å². The van der Waals surface area contributed by atoms with Crippen LogP contribution in [0.5, 0.6) is 0 Å². The lowest BCUT2D eigenvalue weighted by Gasteiger charge is -2.32. The van der Waals surface area contributed by atoms with Crippen LogP contribution in [0.4, 0.5) is 21.0 Å². The Morgan fingerprint density at radius 1 is 0.733 bits per heavy atom. The van der Waals surface area contributed by atoms with Crippen molar-refractivity contribution < 1.29 is 48.2 Å². The van der Waals surface area contributed by atoms with E-state index in [1.165, 1.54) is 0 Å². The maximum Gasteiger partial charge on any atom is 0.496 e. The summed E-state index contributed by atoms with van der Waals surface area (Å²) in [6.45, 7) is 7.69. The minimum Gasteiger partial charge on any atom is -0.441 e. The summed E-state index contributed by atoms with van der Waals surface area (Å²) in [5, 5.41) is 23.6. The second kappa shape index (κ2) is 16.9. The molecule has 18 heteroatoms. The largest absolute Gasteiger partial charge is 0.496 e. The van der Waals surface area contributed by atoms with Gasteiger partial charge in [-0.15, -0.1) is 0 Å². The molecule has 3 fully saturated rings. The van der Waals surface area contributed by atoms with Gasteiger partial charge in [-0.1, -0.05) is 34.1 Å². The van der Waals surface area contributed by atoms with Gasteiger partial charge in [0.15, 0.2) is 0 Å². The zero-order valence-electron chi connectivity index (χ0n) is 34.0. The van der Waals surface area contributed by atoms with Crippen molar-refractivity contribution in [1.82, 2.24) is 20.6 Å². The minimum absolute atomic E-state index is 0.0539. The van der Waals surface area contributed by atoms with Crippen molar-refractivity contribution in [3.63, 3.8) is 0 Å². The summed E-state index contributed by atoms with van der Waals surface area (Å²) in [4.78, 5) is 58.2. The lowest BCUT2D eigenvalue weighted by atomic mass is 9.80. The van der Waals surface area contributed by atoms with Crippen LogP contribution in [0.3, 0.4) is 0 Å². The Hall–Kier alpha value is -5.40. The van der Waals surface area contributed by atoms with Crippen LogP contribution in [-0.4, -0.2) is 114 Å². The molecule has 0 spiro atoms. The van der Waals surface area contributed by atoms with Crippen molar-refractivity contribution in [2.45, 2.75) is 76.0 Å². The summed E-state index contributed by atoms with van der Waals surface area (Å²) >= 11 is 3.41. The Labute approximate surface area is 355 Å². The number of pyridine rings is 2. The van der Waals surface area contributed by atoms with Gasteiger partial charge in [0.25, 0.3) is 11.8 Å². The molecule has 2 aromatic carbocycles. The lowest BCUT2D eigenvalue weighted by molar-refractivity contribution is 0.00578. The second-order valence-electron chi connectivity index (χ2n) is 15.8. The van der Waals surface area contributed by atoms with Gasteiger partial charge in [0, 0.05) is 42.0 Å². The molecule has 0 unspecified atom stereocenters. The maximum absolute atomic E-state index is 12.0. The van der Waals surface area contributed by atoms with Gasteiger partial charge in [-0.3, -0.25) is 29.4 Å². The number of fused-ring (bicyclic) bond motifs is 6. The van der Waals surface area contributed by atoms with Crippen molar-refractivity contribution in [2.75, 3.05) is 37.1 Å². The lowest BCUT2D eigenvalue weighted by Crippen LogP contribution is -2.41. The van der Waals surface area contributed by atoms with Gasteiger partial charge in [0.05, 0.1) is 47.9 Å². The Morgan fingerprint density at radius 2 is 1.22 bits per heavy atom. The van der Waals surface area contributed by atoms with Gasteiger partial charge >= 0.3 is 19.3 Å². The number of aromatic nitrogens is 2. The molecule has 0 bridgehead atoms. The summed E-state index contributed by atoms with van der Waals surface area (Å²) in [7, 11) is 2.69. The van der Waals surface area contributed by atoms with E-state index in [-0.39, 0.29) is 54.4 Å². The molecule has 4 aromatic rings. The molecule has 9 rings (SSSR count). The van der Waals surface area contributed by atoms with Crippen LogP contribution in [0.2, 0.25) is 0 Å². The molecule has 7 heterocycles. The molecule has 4 atom stereocenters. The highest BCUT2D eigenvalue weighted by Crippen LogP contribution is 2.42. The van der Waals surface area contributed by atoms with Crippen LogP contribution in [0.1, 0.15) is 59.8 Å². The quantitative estimate of drug-likeness (QED) is 0.205. The van der Waals surface area contributed by atoms with Gasteiger partial charge < -0.3 is 39.6 Å². The van der Waals surface area contributed by atoms with E-state index in [0.29, 0.717) is 17.8 Å². The smallest absolute Gasteiger partial charge is 0.441 e. The third kappa shape index (κ3) is 8.09. The fourth-order valence-corrected chi connectivity index (χ4v) is 8.04. The van der Waals surface area contributed by atoms with Crippen molar-refractivity contribution in [3.05, 3.63) is 100 Å². The Morgan fingerprint density at radius 3 is 1.68 bits per heavy atom. The first-order valence-electron chi connectivity index (χ1n) is 19.4. The molecule has 3 saturated heterocycles. The molecule has 5 aliphatic heterocycles. The predicted molar refractivity (Wildman–Crippen MR) is 225 cm³/mol. The first-order chi connectivity index (χ1) is 28.6. The zero-order valence-corrected chi connectivity index (χ0v) is 35.6. The number of hydrogen-bond donors (Lipinski definition) is 4. The summed E-state index contributed by atoms with van der Waals surface area (Å²) < 4.78 is 23.1. The number of rotatable bonds is 6. The van der Waals surface area contributed by atoms with Crippen LogP contribution < -0.4 is 25.9 Å². The summed E-state index contributed by atoms with van der Waals surface area (Å²) in [5.74, 6) is -0.435. The van der Waals surface area contributed by atoms with Crippen molar-refractivity contribution in [3.8, 4) is 11.1 Å². The molecule has 16 nitrogen and oxygen atoms in total. The SMILES string of the molecule is CNC(=O)c1ccc(-c2ccc3c(c2)C[C@@H]2[C@H](CO)OC(=O)N32)cn1.CNC(=O)c1ccc(B2OC(C)(C)C(C)(C)O2)cn1.O=C1O[C@@H](CO)[C@H]2Cc3cc(Br)ccc3N12. The van der Waals surface area contributed by atoms with Gasteiger partial charge in [-0.05, 0) is 99.7 Å². The average molecular weight is 886 g/mol. The summed E-state index contributed by atoms with van der Waals surface area (Å²) in [5.41, 5.74) is 6.53. The van der Waals surface area contributed by atoms with Gasteiger partial charge in [0.1, 0.15) is 23.6 Å². The fourth-order valence-electron chi connectivity index (χ4n) is 7.63. The van der Waals surface area contributed by atoms with Gasteiger partial charge in [-0.25, -0.2) is 9.59 Å². The number of ether oxygens (including phenoxy) is 2. The fraction of sp³-hybridized carbons (Fsp3) is 0.381. The molecule has 4 amide bonds. The van der Waals surface area contributed by atoms with E-state index in [9.17, 15) is 24.3 Å². The van der Waals surface area contributed by atoms with Crippen molar-refractivity contribution in [2.24, 2.45) is 0 Å². The van der Waals surface area contributed by atoms with Crippen LogP contribution in [0.25, 0.3) is 11.1 Å². The van der Waals surface area contributed by atoms with E-state index in [2.05, 4.69) is 36.5 Å². The van der Waals surface area contributed by atoms with E-state index >= 15 is 0 Å². The molecular formula is C42H46BBrN6O10. The normalized spacial score (nSPS) is 22.2. The van der Waals surface area contributed by atoms with E-state index < -0.39 is 25.4 Å². The molecule has 2 aromatic heterocycles. The Kier molecular flexibility index (Phi) is 12.1. The number of hydrogen-bond acceptors (Lipinski definition) is 12. The monoisotopic (exact) mass is 884 g/mol. The van der Waals surface area contributed by atoms with E-state index in [0.717, 1.165) is 50.0 Å². The van der Waals surface area contributed by atoms with E-state index in [4.69, 9.17) is 23.9 Å². The molecular weight excluding hydrogens is 839 g/mol. The van der Waals surface area contributed by atoms with Crippen LogP contribution in [0.15, 0.2) is 77.5 Å². The highest BCUT2D eigenvalue weighted by molar-refractivity contribution is 9.10. The number of benzene rings is 2. The van der Waals surface area contributed by atoms with Gasteiger partial charge in [-0.2, -0.15) is 0 Å². The zero-order chi connectivity index (χ0) is 43.1. The highest BCUT2D eigenvalue weighted by Gasteiger charge is 2.52. The van der Waals surface area contributed by atoms with Crippen molar-refractivity contribution >= 4 is 63.9 Å². The van der Waals surface area contributed by atoms with E-state index in [1.807, 2.05) is 70.2 Å². The number of halogens is 1. The number of nitrogens with zero attached hydrogens (tertiary/aromatic N) is 4. The first-order valence-corrected chi connectivity index (χ1v) is 20.2. The van der Waals surface area contributed by atoms with Crippen molar-refractivity contribution in [1.29, 1.82) is 0 Å². The second-order valence-corrected chi connectivity index (χ2v) is 16.7. The number of amides is 4. The number of anilines is 2. The third-order valence-electron chi connectivity index (χ3n) is 11.6. The number of carbonyl (C=O) groups excluding carboxylic acids is 4. The number of nitrogens with one attached hydrogen (secondary N) is 2. The number of aliphatic hydroxyl groups excluding tert-OH is 2. The molecule has 5 aliphatic rings. The summed E-state index contributed by atoms with van der Waals surface area (Å²) in [6, 6.07) is 18.4. The maximum atomic E-state index is 12.0. The van der Waals surface area contributed by atoms with Gasteiger partial charge in [0.2, 0.25) is 0 Å². The average Bonchev–Trinajstić information content (AvgIpc) is 4.02. The predicted octanol–water partition coefficient (Wildman–Crippen LogP) is 3.78. The number of carbonyl (C=O) groups is 4. The summed E-state index contributed by atoms with van der Waals surface area (Å²) in [6.07, 6.45) is 3.00. The number of aliphatic hydroxyl groups is 2. The Balaban J connectivity index is 0.000000140. The van der Waals surface area contributed by atoms with Crippen LogP contribution in [-0.2, 0) is 31.6 Å².